The van der Waals surface area contributed by atoms with Gasteiger partial charge in [-0.25, -0.2) is 0 Å². The lowest BCUT2D eigenvalue weighted by Crippen LogP contribution is -1.93. The molecule has 0 aromatic heterocycles. The van der Waals surface area contributed by atoms with Gasteiger partial charge in [-0.3, -0.25) is 0 Å². The van der Waals surface area contributed by atoms with Crippen LogP contribution >= 0.6 is 0 Å². The molecule has 0 fully saturated rings. The summed E-state index contributed by atoms with van der Waals surface area (Å²) in [6.07, 6.45) is 0. The van der Waals surface area contributed by atoms with Crippen LogP contribution in [0.1, 0.15) is 30.9 Å². The second-order valence-electron chi connectivity index (χ2n) is 3.29. The summed E-state index contributed by atoms with van der Waals surface area (Å²) in [5.74, 6) is 6.43. The molecule has 68 valence electrons. The zero-order valence-electron chi connectivity index (χ0n) is 8.17. The molecule has 1 aromatic rings. The molecule has 0 aliphatic heterocycles. The number of benzene rings is 1. The Labute approximate surface area is 80.0 Å². The number of nitrogens with two attached hydrogens (primary N) is 1. The van der Waals surface area contributed by atoms with Crippen LogP contribution in [0.25, 0.3) is 0 Å². The molecule has 0 atom stereocenters. The van der Waals surface area contributed by atoms with Crippen LogP contribution in [-0.2, 0) is 0 Å². The molecule has 1 aromatic carbocycles. The fraction of sp³-hybridized carbons (Fsp3) is 0.333. The number of hydrogen-bond donors (Lipinski definition) is 1. The van der Waals surface area contributed by atoms with Gasteiger partial charge in [0.15, 0.2) is 0 Å². The first-order valence-corrected chi connectivity index (χ1v) is 4.53. The van der Waals surface area contributed by atoms with Crippen molar-refractivity contribution in [2.24, 2.45) is 5.73 Å². The minimum atomic E-state index is 0.423. The van der Waals surface area contributed by atoms with Crippen LogP contribution in [0.3, 0.4) is 0 Å². The second kappa shape index (κ2) is 4.69. The summed E-state index contributed by atoms with van der Waals surface area (Å²) in [4.78, 5) is 0. The van der Waals surface area contributed by atoms with Gasteiger partial charge < -0.3 is 5.73 Å². The Morgan fingerprint density at radius 1 is 1.38 bits per heavy atom. The molecule has 0 saturated carbocycles. The lowest BCUT2D eigenvalue weighted by Gasteiger charge is -2.04. The average molecular weight is 173 g/mol. The van der Waals surface area contributed by atoms with Gasteiger partial charge in [-0.2, -0.15) is 0 Å². The zero-order chi connectivity index (χ0) is 9.68. The molecule has 0 heterocycles. The molecule has 1 nitrogen and oxygen atoms in total. The van der Waals surface area contributed by atoms with Gasteiger partial charge in [-0.15, -0.1) is 0 Å². The lowest BCUT2D eigenvalue weighted by atomic mass is 10.0. The van der Waals surface area contributed by atoms with E-state index in [2.05, 4.69) is 37.8 Å². The fourth-order valence-electron chi connectivity index (χ4n) is 1.13. The topological polar surface area (TPSA) is 26.0 Å². The van der Waals surface area contributed by atoms with Crippen molar-refractivity contribution in [2.75, 3.05) is 6.54 Å². The maximum Gasteiger partial charge on any atom is 0.0555 e. The first kappa shape index (κ1) is 9.83. The second-order valence-corrected chi connectivity index (χ2v) is 3.29. The van der Waals surface area contributed by atoms with Crippen molar-refractivity contribution in [2.45, 2.75) is 19.8 Å². The molecule has 0 unspecified atom stereocenters. The highest BCUT2D eigenvalue weighted by Crippen LogP contribution is 2.14. The smallest absolute Gasteiger partial charge is 0.0555 e. The minimum absolute atomic E-state index is 0.423. The van der Waals surface area contributed by atoms with Gasteiger partial charge in [0.2, 0.25) is 0 Å². The van der Waals surface area contributed by atoms with Crippen molar-refractivity contribution in [3.05, 3.63) is 35.4 Å². The molecule has 0 aliphatic rings. The van der Waals surface area contributed by atoms with E-state index >= 15 is 0 Å². The van der Waals surface area contributed by atoms with E-state index in [4.69, 9.17) is 5.73 Å². The molecule has 2 N–H and O–H groups in total. The summed E-state index contributed by atoms with van der Waals surface area (Å²) >= 11 is 0. The lowest BCUT2D eigenvalue weighted by molar-refractivity contribution is 0.866. The quantitative estimate of drug-likeness (QED) is 0.647. The van der Waals surface area contributed by atoms with Gasteiger partial charge in [0.25, 0.3) is 0 Å². The van der Waals surface area contributed by atoms with Gasteiger partial charge >= 0.3 is 0 Å². The van der Waals surface area contributed by atoms with Gasteiger partial charge in [-0.05, 0) is 23.6 Å². The predicted molar refractivity (Wildman–Crippen MR) is 56.5 cm³/mol. The Morgan fingerprint density at radius 3 is 2.77 bits per heavy atom. The molecule has 0 saturated heterocycles. The Hall–Kier alpha value is -1.26. The maximum atomic E-state index is 5.30. The van der Waals surface area contributed by atoms with Gasteiger partial charge in [-0.1, -0.05) is 37.8 Å². The molecular formula is C12H15N. The normalized spacial score (nSPS) is 9.54. The molecule has 0 bridgehead atoms. The van der Waals surface area contributed by atoms with E-state index < -0.39 is 0 Å². The van der Waals surface area contributed by atoms with Crippen LogP contribution < -0.4 is 5.73 Å². The Balaban J connectivity index is 2.92. The molecular weight excluding hydrogens is 158 g/mol. The summed E-state index contributed by atoms with van der Waals surface area (Å²) in [7, 11) is 0. The van der Waals surface area contributed by atoms with Crippen LogP contribution in [0.15, 0.2) is 24.3 Å². The van der Waals surface area contributed by atoms with E-state index in [1.54, 1.807) is 0 Å². The van der Waals surface area contributed by atoms with Crippen molar-refractivity contribution in [1.29, 1.82) is 0 Å². The summed E-state index contributed by atoms with van der Waals surface area (Å²) < 4.78 is 0. The van der Waals surface area contributed by atoms with Crippen LogP contribution in [0.2, 0.25) is 0 Å². The van der Waals surface area contributed by atoms with Crippen molar-refractivity contribution in [1.82, 2.24) is 0 Å². The van der Waals surface area contributed by atoms with Gasteiger partial charge in [0.1, 0.15) is 0 Å². The highest BCUT2D eigenvalue weighted by atomic mass is 14.5. The average Bonchev–Trinajstić information content (AvgIpc) is 2.15. The van der Waals surface area contributed by atoms with E-state index in [0.717, 1.165) is 5.56 Å². The summed E-state index contributed by atoms with van der Waals surface area (Å²) in [5.41, 5.74) is 7.68. The number of rotatable bonds is 1. The van der Waals surface area contributed by atoms with Crippen molar-refractivity contribution < 1.29 is 0 Å². The first-order chi connectivity index (χ1) is 6.24. The molecule has 0 radical (unpaired) electrons. The number of hydrogen-bond acceptors (Lipinski definition) is 1. The predicted octanol–water partition coefficient (Wildman–Crippen LogP) is 2.12. The molecule has 1 rings (SSSR count). The van der Waals surface area contributed by atoms with Gasteiger partial charge in [0, 0.05) is 5.56 Å². The van der Waals surface area contributed by atoms with Crippen LogP contribution in [0.5, 0.6) is 0 Å². The fourth-order valence-corrected chi connectivity index (χ4v) is 1.13. The third-order valence-corrected chi connectivity index (χ3v) is 1.89. The monoisotopic (exact) mass is 173 g/mol. The van der Waals surface area contributed by atoms with E-state index in [0.29, 0.717) is 12.5 Å². The van der Waals surface area contributed by atoms with Gasteiger partial charge in [0.05, 0.1) is 6.54 Å². The Morgan fingerprint density at radius 2 is 2.15 bits per heavy atom. The molecule has 0 amide bonds. The maximum absolute atomic E-state index is 5.30. The third kappa shape index (κ3) is 2.93. The summed E-state index contributed by atoms with van der Waals surface area (Å²) in [5, 5.41) is 0. The Kier molecular flexibility index (Phi) is 3.54. The minimum Gasteiger partial charge on any atom is -0.320 e. The highest BCUT2D eigenvalue weighted by Gasteiger charge is 1.97. The van der Waals surface area contributed by atoms with Crippen molar-refractivity contribution in [3.8, 4) is 11.8 Å². The largest absolute Gasteiger partial charge is 0.320 e. The van der Waals surface area contributed by atoms with Crippen molar-refractivity contribution >= 4 is 0 Å². The molecule has 0 aliphatic carbocycles. The summed E-state index contributed by atoms with van der Waals surface area (Å²) in [6.45, 7) is 4.77. The van der Waals surface area contributed by atoms with Crippen molar-refractivity contribution in [3.63, 3.8) is 0 Å². The van der Waals surface area contributed by atoms with Crippen LogP contribution in [0, 0.1) is 11.8 Å². The molecule has 1 heteroatoms. The third-order valence-electron chi connectivity index (χ3n) is 1.89. The van der Waals surface area contributed by atoms with Crippen LogP contribution in [-0.4, -0.2) is 6.54 Å². The van der Waals surface area contributed by atoms with E-state index in [1.807, 2.05) is 12.1 Å². The summed E-state index contributed by atoms with van der Waals surface area (Å²) in [6, 6.07) is 8.29. The van der Waals surface area contributed by atoms with E-state index in [9.17, 15) is 0 Å². The Bertz CT molecular complexity index is 328. The first-order valence-electron chi connectivity index (χ1n) is 4.53. The highest BCUT2D eigenvalue weighted by molar-refractivity contribution is 5.38. The standard InChI is InChI=1S/C12H15N/c1-10(2)12-7-3-5-11(9-12)6-4-8-13/h3,5,7,9-10H,8,13H2,1-2H3. The SMILES string of the molecule is CC(C)c1cccc(C#CCN)c1. The molecule has 0 spiro atoms. The van der Waals surface area contributed by atoms with E-state index in [1.165, 1.54) is 5.56 Å². The molecule has 13 heavy (non-hydrogen) atoms. The van der Waals surface area contributed by atoms with Crippen LogP contribution in [0.4, 0.5) is 0 Å². The zero-order valence-corrected chi connectivity index (χ0v) is 8.17. The van der Waals surface area contributed by atoms with E-state index in [-0.39, 0.29) is 0 Å².